The molecule has 0 aliphatic rings. The summed E-state index contributed by atoms with van der Waals surface area (Å²) in [6, 6.07) is 0. The molecule has 0 aromatic heterocycles. The molecule has 0 aliphatic carbocycles. The van der Waals surface area contributed by atoms with Gasteiger partial charge in [-0.1, -0.05) is 78.6 Å². The molecule has 0 spiro atoms. The fourth-order valence-corrected chi connectivity index (χ4v) is 2.57. The molecule has 0 heterocycles. The highest BCUT2D eigenvalue weighted by Crippen LogP contribution is 2.29. The topological polar surface area (TPSA) is 9.23 Å². The van der Waals surface area contributed by atoms with Crippen LogP contribution in [0.3, 0.4) is 0 Å². The molecule has 0 aromatic carbocycles. The van der Waals surface area contributed by atoms with Crippen LogP contribution in [0, 0.1) is 5.41 Å². The van der Waals surface area contributed by atoms with E-state index in [1.54, 1.807) is 0 Å². The minimum Gasteiger partial charge on any atom is -0.416 e. The molecule has 0 amide bonds. The van der Waals surface area contributed by atoms with E-state index in [9.17, 15) is 0 Å². The van der Waals surface area contributed by atoms with Crippen LogP contribution in [0.1, 0.15) is 91.9 Å². The molecule has 0 rings (SSSR count). The number of hydrogen-bond acceptors (Lipinski definition) is 1. The van der Waals surface area contributed by atoms with Crippen molar-refractivity contribution in [1.82, 2.24) is 0 Å². The van der Waals surface area contributed by atoms with Gasteiger partial charge in [-0.05, 0) is 18.8 Å². The zero-order valence-corrected chi connectivity index (χ0v) is 14.1. The average Bonchev–Trinajstić information content (AvgIpc) is 2.35. The third-order valence-corrected chi connectivity index (χ3v) is 4.56. The molecule has 18 heavy (non-hydrogen) atoms. The monoisotopic (exact) mass is 269 g/mol. The van der Waals surface area contributed by atoms with Crippen molar-refractivity contribution < 1.29 is 4.43 Å². The summed E-state index contributed by atoms with van der Waals surface area (Å²) in [6.45, 7) is 9.01. The van der Waals surface area contributed by atoms with Crippen LogP contribution in [-0.4, -0.2) is 16.6 Å². The first-order valence-corrected chi connectivity index (χ1v) is 8.27. The highest BCUT2D eigenvalue weighted by atomic mass is 28.2. The van der Waals surface area contributed by atoms with Crippen molar-refractivity contribution >= 4 is 10.5 Å². The average molecular weight is 270 g/mol. The van der Waals surface area contributed by atoms with Gasteiger partial charge in [0.1, 0.15) is 0 Å². The molecule has 0 aromatic rings. The van der Waals surface area contributed by atoms with E-state index in [2.05, 4.69) is 38.2 Å². The van der Waals surface area contributed by atoms with Gasteiger partial charge in [-0.25, -0.2) is 0 Å². The van der Waals surface area contributed by atoms with E-state index in [-0.39, 0.29) is 11.5 Å². The maximum Gasteiger partial charge on any atom is 0.246 e. The van der Waals surface area contributed by atoms with E-state index in [0.717, 1.165) is 0 Å². The fraction of sp³-hybridized carbons (Fsp3) is 1.00. The highest BCUT2D eigenvalue weighted by molar-refractivity contribution is 5.98. The molecule has 0 saturated heterocycles. The van der Waals surface area contributed by atoms with Gasteiger partial charge >= 0.3 is 0 Å². The molecular formula is C16H33OSi. The molecule has 1 unspecified atom stereocenters. The van der Waals surface area contributed by atoms with E-state index in [1.165, 1.54) is 64.2 Å². The summed E-state index contributed by atoms with van der Waals surface area (Å²) in [4.78, 5) is 0. The molecule has 0 saturated carbocycles. The van der Waals surface area contributed by atoms with Crippen molar-refractivity contribution in [3.05, 3.63) is 0 Å². The van der Waals surface area contributed by atoms with Gasteiger partial charge in [0, 0.05) is 6.10 Å². The van der Waals surface area contributed by atoms with Crippen molar-refractivity contribution in [1.29, 1.82) is 0 Å². The van der Waals surface area contributed by atoms with Gasteiger partial charge in [0.15, 0.2) is 0 Å². The Kier molecular flexibility index (Phi) is 11.1. The minimum absolute atomic E-state index is 0.281. The van der Waals surface area contributed by atoms with E-state index < -0.39 is 0 Å². The lowest BCUT2D eigenvalue weighted by Gasteiger charge is -2.31. The standard InChI is InChI=1S/C16H33OSi/c1-5-6-7-8-9-10-11-12-13-14-16(3,4)15(2)17-18/h15H,5-14H2,1-4H3. The molecular weight excluding hydrogens is 236 g/mol. The Labute approximate surface area is 119 Å². The maximum atomic E-state index is 5.25. The Morgan fingerprint density at radius 2 is 1.33 bits per heavy atom. The number of hydrogen-bond donors (Lipinski definition) is 0. The maximum absolute atomic E-state index is 5.25. The second-order valence-electron chi connectivity index (χ2n) is 6.33. The van der Waals surface area contributed by atoms with E-state index in [4.69, 9.17) is 4.43 Å². The summed E-state index contributed by atoms with van der Waals surface area (Å²) >= 11 is 0. The molecule has 2 heteroatoms. The first-order valence-electron chi connectivity index (χ1n) is 7.87. The molecule has 0 bridgehead atoms. The second-order valence-corrected chi connectivity index (χ2v) is 6.56. The van der Waals surface area contributed by atoms with Crippen molar-refractivity contribution in [2.24, 2.45) is 5.41 Å². The van der Waals surface area contributed by atoms with Gasteiger partial charge in [0.25, 0.3) is 0 Å². The summed E-state index contributed by atoms with van der Waals surface area (Å²) in [5.74, 6) is 0. The molecule has 0 N–H and O–H groups in total. The van der Waals surface area contributed by atoms with Crippen LogP contribution in [-0.2, 0) is 4.43 Å². The summed E-state index contributed by atoms with van der Waals surface area (Å²) in [5, 5.41) is 0. The molecule has 3 radical (unpaired) electrons. The summed E-state index contributed by atoms with van der Waals surface area (Å²) < 4.78 is 5.25. The SMILES string of the molecule is CCCCCCCCCCCC(C)(C)C(C)O[Si]. The summed E-state index contributed by atoms with van der Waals surface area (Å²) in [7, 11) is 3.16. The molecule has 1 atom stereocenters. The zero-order valence-electron chi connectivity index (χ0n) is 13.1. The fourth-order valence-electron chi connectivity index (χ4n) is 2.25. The predicted octanol–water partition coefficient (Wildman–Crippen LogP) is 5.42. The number of rotatable bonds is 12. The second kappa shape index (κ2) is 11.0. The van der Waals surface area contributed by atoms with Gasteiger partial charge < -0.3 is 4.43 Å². The third kappa shape index (κ3) is 9.15. The Bertz CT molecular complexity index is 180. The lowest BCUT2D eigenvalue weighted by atomic mass is 9.82. The summed E-state index contributed by atoms with van der Waals surface area (Å²) in [6.07, 6.45) is 14.2. The van der Waals surface area contributed by atoms with Gasteiger partial charge in [-0.2, -0.15) is 0 Å². The predicted molar refractivity (Wildman–Crippen MR) is 81.9 cm³/mol. The van der Waals surface area contributed by atoms with Gasteiger partial charge in [-0.15, -0.1) is 0 Å². The third-order valence-electron chi connectivity index (χ3n) is 4.20. The van der Waals surface area contributed by atoms with Crippen molar-refractivity contribution in [3.8, 4) is 0 Å². The normalized spacial score (nSPS) is 13.8. The molecule has 107 valence electrons. The molecule has 0 aliphatic heterocycles. The Morgan fingerprint density at radius 3 is 1.78 bits per heavy atom. The lowest BCUT2D eigenvalue weighted by Crippen LogP contribution is -2.28. The zero-order chi connectivity index (χ0) is 13.9. The van der Waals surface area contributed by atoms with E-state index in [1.807, 2.05) is 0 Å². The number of unbranched alkanes of at least 4 members (excludes halogenated alkanes) is 8. The quantitative estimate of drug-likeness (QED) is 0.339. The molecule has 1 nitrogen and oxygen atoms in total. The highest BCUT2D eigenvalue weighted by Gasteiger charge is 2.24. The Hall–Kier alpha value is 0.177. The van der Waals surface area contributed by atoms with Gasteiger partial charge in [0.2, 0.25) is 10.5 Å². The van der Waals surface area contributed by atoms with Crippen LogP contribution in [0.2, 0.25) is 0 Å². The van der Waals surface area contributed by atoms with E-state index in [0.29, 0.717) is 0 Å². The Balaban J connectivity index is 3.34. The van der Waals surface area contributed by atoms with Crippen molar-refractivity contribution in [2.75, 3.05) is 0 Å². The minimum atomic E-state index is 0.281. The largest absolute Gasteiger partial charge is 0.416 e. The van der Waals surface area contributed by atoms with Gasteiger partial charge in [0.05, 0.1) is 0 Å². The van der Waals surface area contributed by atoms with Crippen LogP contribution >= 0.6 is 0 Å². The van der Waals surface area contributed by atoms with Crippen LogP contribution < -0.4 is 0 Å². The Morgan fingerprint density at radius 1 is 0.889 bits per heavy atom. The summed E-state index contributed by atoms with van der Waals surface area (Å²) in [5.41, 5.74) is 0.281. The van der Waals surface area contributed by atoms with E-state index >= 15 is 0 Å². The van der Waals surface area contributed by atoms with Crippen LogP contribution in [0.15, 0.2) is 0 Å². The van der Waals surface area contributed by atoms with Crippen LogP contribution in [0.25, 0.3) is 0 Å². The van der Waals surface area contributed by atoms with Crippen molar-refractivity contribution in [3.63, 3.8) is 0 Å². The first kappa shape index (κ1) is 18.2. The van der Waals surface area contributed by atoms with Crippen LogP contribution in [0.5, 0.6) is 0 Å². The lowest BCUT2D eigenvalue weighted by molar-refractivity contribution is 0.0882. The van der Waals surface area contributed by atoms with Crippen molar-refractivity contribution in [2.45, 2.75) is 98.0 Å². The first-order chi connectivity index (χ1) is 8.54. The van der Waals surface area contributed by atoms with Gasteiger partial charge in [-0.3, -0.25) is 0 Å². The molecule has 0 fully saturated rings. The van der Waals surface area contributed by atoms with Crippen LogP contribution in [0.4, 0.5) is 0 Å². The smallest absolute Gasteiger partial charge is 0.246 e.